The zero-order valence-corrected chi connectivity index (χ0v) is 47.5. The number of amides is 7. The number of primary amides is 1. The van der Waals surface area contributed by atoms with Gasteiger partial charge in [-0.1, -0.05) is 182 Å². The third-order valence-electron chi connectivity index (χ3n) is 14.6. The second-order valence-corrected chi connectivity index (χ2v) is 22.3. The SMILES string of the molecule is CC1(C)CC(N(CC(=O)N(CC(=O)N(CC(=O)N(CC(N)=O)Cc2ccccc2)Cc2ccccc2)Cc2ccccc2)C(=O)CN(Cc2ccccc2)C(=O)CN(Cc2ccccc2)C(=O)CNCc2ccccc2)CC(C)(C)N1O. The smallest absolute Gasteiger partial charge is 0.242 e. The van der Waals surface area contributed by atoms with E-state index in [1.165, 1.54) is 34.5 Å². The third-order valence-corrected chi connectivity index (χ3v) is 14.6. The van der Waals surface area contributed by atoms with Crippen LogP contribution in [0.1, 0.15) is 73.9 Å². The molecular weight excluding hydrogens is 1030 g/mol. The predicted molar refractivity (Wildman–Crippen MR) is 313 cm³/mol. The lowest BCUT2D eigenvalue weighted by Crippen LogP contribution is -2.64. The first-order chi connectivity index (χ1) is 39.3. The van der Waals surface area contributed by atoms with E-state index >= 15 is 9.59 Å². The molecule has 0 spiro atoms. The summed E-state index contributed by atoms with van der Waals surface area (Å²) >= 11 is 0. The maximum atomic E-state index is 15.5. The number of carbonyl (C=O) groups excluding carboxylic acids is 7. The zero-order chi connectivity index (χ0) is 58.7. The first-order valence-electron chi connectivity index (χ1n) is 27.7. The second-order valence-electron chi connectivity index (χ2n) is 22.3. The Hall–Kier alpha value is -8.51. The van der Waals surface area contributed by atoms with Crippen LogP contribution in [0, 0.1) is 0 Å². The minimum atomic E-state index is -0.881. The van der Waals surface area contributed by atoms with Gasteiger partial charge in [0.05, 0.1) is 13.1 Å². The highest BCUT2D eigenvalue weighted by Gasteiger charge is 2.48. The molecule has 7 amide bonds. The summed E-state index contributed by atoms with van der Waals surface area (Å²) in [6.45, 7) is 5.27. The summed E-state index contributed by atoms with van der Waals surface area (Å²) in [7, 11) is 0. The first kappa shape index (κ1) is 61.1. The summed E-state index contributed by atoms with van der Waals surface area (Å²) in [5.41, 5.74) is 8.58. The Morgan fingerprint density at radius 3 is 1.00 bits per heavy atom. The minimum Gasteiger partial charge on any atom is -0.368 e. The van der Waals surface area contributed by atoms with Crippen LogP contribution in [0.5, 0.6) is 0 Å². The van der Waals surface area contributed by atoms with Crippen LogP contribution in [0.4, 0.5) is 0 Å². The Balaban J connectivity index is 1.20. The van der Waals surface area contributed by atoms with Crippen molar-refractivity contribution in [2.75, 3.05) is 45.8 Å². The van der Waals surface area contributed by atoms with Crippen LogP contribution in [0.25, 0.3) is 0 Å². The molecule has 1 heterocycles. The molecule has 1 saturated heterocycles. The maximum Gasteiger partial charge on any atom is 0.242 e. The summed E-state index contributed by atoms with van der Waals surface area (Å²) in [6.07, 6.45) is 0.479. The van der Waals surface area contributed by atoms with E-state index in [1.807, 2.05) is 210 Å². The zero-order valence-electron chi connectivity index (χ0n) is 47.5. The van der Waals surface area contributed by atoms with Crippen molar-refractivity contribution in [2.45, 2.75) is 96.9 Å². The first-order valence-corrected chi connectivity index (χ1v) is 27.7. The number of carbonyl (C=O) groups is 7. The average molecular weight is 1110 g/mol. The quantitative estimate of drug-likeness (QED) is 0.0502. The van der Waals surface area contributed by atoms with Gasteiger partial charge < -0.3 is 45.7 Å². The number of nitrogens with two attached hydrogens (primary N) is 1. The molecule has 82 heavy (non-hydrogen) atoms. The van der Waals surface area contributed by atoms with Crippen molar-refractivity contribution in [3.63, 3.8) is 0 Å². The Morgan fingerprint density at radius 1 is 0.415 bits per heavy atom. The van der Waals surface area contributed by atoms with Crippen LogP contribution in [0.15, 0.2) is 182 Å². The fraction of sp³-hybridized carbons (Fsp3) is 0.338. The molecule has 0 aliphatic carbocycles. The molecule has 0 aromatic heterocycles. The van der Waals surface area contributed by atoms with Crippen molar-refractivity contribution in [3.05, 3.63) is 215 Å². The van der Waals surface area contributed by atoms with E-state index in [-0.39, 0.29) is 64.6 Å². The summed E-state index contributed by atoms with van der Waals surface area (Å²) in [5, 5.41) is 16.0. The minimum absolute atomic E-state index is 0.00567. The fourth-order valence-corrected chi connectivity index (χ4v) is 10.5. The molecule has 6 aromatic carbocycles. The van der Waals surface area contributed by atoms with Crippen LogP contribution in [-0.4, -0.2) is 144 Å². The molecule has 1 fully saturated rings. The molecule has 7 rings (SSSR count). The van der Waals surface area contributed by atoms with Crippen molar-refractivity contribution in [3.8, 4) is 0 Å². The van der Waals surface area contributed by atoms with Crippen LogP contribution < -0.4 is 11.1 Å². The summed E-state index contributed by atoms with van der Waals surface area (Å²) < 4.78 is 0. The highest BCUT2D eigenvalue weighted by molar-refractivity contribution is 5.93. The van der Waals surface area contributed by atoms with Gasteiger partial charge in [-0.3, -0.25) is 33.6 Å². The highest BCUT2D eigenvalue weighted by Crippen LogP contribution is 2.39. The van der Waals surface area contributed by atoms with Crippen molar-refractivity contribution in [2.24, 2.45) is 5.73 Å². The fourth-order valence-electron chi connectivity index (χ4n) is 10.5. The molecule has 0 atom stereocenters. The molecular formula is C65H77N9O8. The number of rotatable bonds is 27. The summed E-state index contributed by atoms with van der Waals surface area (Å²) in [6, 6.07) is 54.9. The molecule has 4 N–H and O–H groups in total. The van der Waals surface area contributed by atoms with Gasteiger partial charge in [0.2, 0.25) is 41.4 Å². The predicted octanol–water partition coefficient (Wildman–Crippen LogP) is 6.64. The van der Waals surface area contributed by atoms with E-state index in [0.29, 0.717) is 17.7 Å². The van der Waals surface area contributed by atoms with Crippen molar-refractivity contribution in [1.29, 1.82) is 0 Å². The standard InChI is InChI=1S/C65H77N9O8/c1-64(2)35-56(36-65(3,4)74(64)82)73(63(81)48-72(43-55-33-21-10-22-34-55)60(78)45-69(40-52-27-15-7-16-28-52)58(76)38-67-37-50-23-11-5-12-24-50)49-62(80)71(42-54-31-19-9-20-32-54)47-61(79)70(41-53-29-17-8-18-30-53)46-59(77)68(44-57(66)75)39-51-25-13-6-14-26-51/h5-34,56,67,82H,35-49H2,1-4H3,(H2,66,75). The highest BCUT2D eigenvalue weighted by atomic mass is 16.5. The Labute approximate surface area is 481 Å². The lowest BCUT2D eigenvalue weighted by atomic mass is 9.78. The number of hydrogen-bond donors (Lipinski definition) is 3. The van der Waals surface area contributed by atoms with Gasteiger partial charge in [-0.25, -0.2) is 0 Å². The molecule has 6 aromatic rings. The van der Waals surface area contributed by atoms with Gasteiger partial charge >= 0.3 is 0 Å². The van der Waals surface area contributed by atoms with Gasteiger partial charge in [-0.05, 0) is 73.9 Å². The molecule has 430 valence electrons. The second kappa shape index (κ2) is 29.3. The molecule has 1 aliphatic heterocycles. The Bertz CT molecular complexity index is 3030. The van der Waals surface area contributed by atoms with E-state index in [4.69, 9.17) is 5.73 Å². The van der Waals surface area contributed by atoms with Gasteiger partial charge in [-0.2, -0.15) is 5.06 Å². The van der Waals surface area contributed by atoms with E-state index in [0.717, 1.165) is 22.3 Å². The number of nitrogens with zero attached hydrogens (tertiary/aromatic N) is 7. The maximum absolute atomic E-state index is 15.5. The molecule has 1 aliphatic rings. The number of hydrogen-bond acceptors (Lipinski definition) is 10. The largest absolute Gasteiger partial charge is 0.368 e. The monoisotopic (exact) mass is 1110 g/mol. The lowest BCUT2D eigenvalue weighted by Gasteiger charge is -2.53. The van der Waals surface area contributed by atoms with E-state index in [9.17, 15) is 29.2 Å². The Kier molecular flexibility index (Phi) is 21.8. The average Bonchev–Trinajstić information content (AvgIpc) is 2.67. The molecule has 0 radical (unpaired) electrons. The topological polar surface area (TPSA) is 200 Å². The third kappa shape index (κ3) is 18.3. The van der Waals surface area contributed by atoms with Gasteiger partial charge in [0.25, 0.3) is 0 Å². The molecule has 17 heteroatoms. The van der Waals surface area contributed by atoms with E-state index in [2.05, 4.69) is 5.32 Å². The van der Waals surface area contributed by atoms with Crippen LogP contribution in [0.3, 0.4) is 0 Å². The summed E-state index contributed by atoms with van der Waals surface area (Å²) in [4.78, 5) is 110. The number of nitrogens with one attached hydrogen (secondary N) is 1. The number of benzene rings is 6. The molecule has 0 bridgehead atoms. The van der Waals surface area contributed by atoms with Gasteiger partial charge in [0.15, 0.2) is 0 Å². The number of piperidine rings is 1. The normalized spacial score (nSPS) is 13.8. The molecule has 0 saturated carbocycles. The molecule has 0 unspecified atom stereocenters. The van der Waals surface area contributed by atoms with Gasteiger partial charge in [0.1, 0.15) is 32.7 Å². The van der Waals surface area contributed by atoms with Crippen molar-refractivity contribution < 1.29 is 38.8 Å². The molecule has 17 nitrogen and oxygen atoms in total. The van der Waals surface area contributed by atoms with Gasteiger partial charge in [0, 0.05) is 56.4 Å². The van der Waals surface area contributed by atoms with Crippen LogP contribution >= 0.6 is 0 Å². The van der Waals surface area contributed by atoms with Gasteiger partial charge in [-0.15, -0.1) is 0 Å². The van der Waals surface area contributed by atoms with Crippen LogP contribution in [0.2, 0.25) is 0 Å². The van der Waals surface area contributed by atoms with E-state index < -0.39 is 85.3 Å². The van der Waals surface area contributed by atoms with Crippen molar-refractivity contribution in [1.82, 2.24) is 39.8 Å². The lowest BCUT2D eigenvalue weighted by molar-refractivity contribution is -0.251. The summed E-state index contributed by atoms with van der Waals surface area (Å²) in [5.74, 6) is -3.78. The number of hydroxylamine groups is 2. The Morgan fingerprint density at radius 2 is 0.683 bits per heavy atom. The van der Waals surface area contributed by atoms with Crippen molar-refractivity contribution >= 4 is 41.4 Å². The van der Waals surface area contributed by atoms with Crippen LogP contribution in [-0.2, 0) is 72.8 Å². The van der Waals surface area contributed by atoms with E-state index in [1.54, 1.807) is 0 Å².